The SMILES string of the molecule is CCC(C)(C)C(=O)c1cccc2ncccc12. The highest BCUT2D eigenvalue weighted by atomic mass is 16.1. The van der Waals surface area contributed by atoms with E-state index in [2.05, 4.69) is 4.98 Å². The van der Waals surface area contributed by atoms with Crippen LogP contribution in [0.2, 0.25) is 0 Å². The van der Waals surface area contributed by atoms with Crippen LogP contribution in [0.5, 0.6) is 0 Å². The summed E-state index contributed by atoms with van der Waals surface area (Å²) in [6, 6.07) is 9.56. The molecule has 0 unspecified atom stereocenters. The van der Waals surface area contributed by atoms with E-state index >= 15 is 0 Å². The molecule has 2 rings (SSSR count). The highest BCUT2D eigenvalue weighted by Gasteiger charge is 2.27. The van der Waals surface area contributed by atoms with Crippen LogP contribution in [0.25, 0.3) is 10.9 Å². The van der Waals surface area contributed by atoms with Gasteiger partial charge in [-0.2, -0.15) is 0 Å². The van der Waals surface area contributed by atoms with E-state index in [1.54, 1.807) is 6.20 Å². The van der Waals surface area contributed by atoms with Crippen LogP contribution >= 0.6 is 0 Å². The molecule has 0 fully saturated rings. The Bertz CT molecular complexity index is 552. The van der Waals surface area contributed by atoms with Gasteiger partial charge in [0.15, 0.2) is 5.78 Å². The second-order valence-corrected chi connectivity index (χ2v) is 4.94. The molecule has 88 valence electrons. The maximum absolute atomic E-state index is 12.5. The molecule has 0 atom stereocenters. The average Bonchev–Trinajstić information content (AvgIpc) is 2.37. The molecular formula is C15H17NO. The van der Waals surface area contributed by atoms with Crippen LogP contribution < -0.4 is 0 Å². The molecule has 2 heteroatoms. The molecule has 0 saturated heterocycles. The molecule has 1 aromatic heterocycles. The molecule has 0 aliphatic rings. The number of nitrogens with zero attached hydrogens (tertiary/aromatic N) is 1. The molecule has 1 heterocycles. The van der Waals surface area contributed by atoms with Crippen molar-refractivity contribution in [3.63, 3.8) is 0 Å². The zero-order valence-corrected chi connectivity index (χ0v) is 10.5. The minimum Gasteiger partial charge on any atom is -0.294 e. The van der Waals surface area contributed by atoms with Crippen molar-refractivity contribution in [3.8, 4) is 0 Å². The van der Waals surface area contributed by atoms with Crippen LogP contribution in [-0.4, -0.2) is 10.8 Å². The Labute approximate surface area is 102 Å². The van der Waals surface area contributed by atoms with Crippen molar-refractivity contribution in [2.75, 3.05) is 0 Å². The van der Waals surface area contributed by atoms with E-state index in [4.69, 9.17) is 0 Å². The first-order valence-corrected chi connectivity index (χ1v) is 5.95. The molecule has 0 spiro atoms. The van der Waals surface area contributed by atoms with Crippen molar-refractivity contribution in [1.82, 2.24) is 4.98 Å². The fourth-order valence-electron chi connectivity index (χ4n) is 1.83. The minimum absolute atomic E-state index is 0.193. The molecule has 0 bridgehead atoms. The van der Waals surface area contributed by atoms with Crippen molar-refractivity contribution in [3.05, 3.63) is 42.1 Å². The normalized spacial score (nSPS) is 11.7. The summed E-state index contributed by atoms with van der Waals surface area (Å²) in [6.45, 7) is 6.02. The van der Waals surface area contributed by atoms with Crippen LogP contribution in [-0.2, 0) is 0 Å². The quantitative estimate of drug-likeness (QED) is 0.745. The summed E-state index contributed by atoms with van der Waals surface area (Å²) in [5.74, 6) is 0.193. The first kappa shape index (κ1) is 11.8. The van der Waals surface area contributed by atoms with E-state index in [-0.39, 0.29) is 11.2 Å². The van der Waals surface area contributed by atoms with Crippen molar-refractivity contribution >= 4 is 16.7 Å². The molecule has 0 aliphatic carbocycles. The Morgan fingerprint density at radius 3 is 2.71 bits per heavy atom. The van der Waals surface area contributed by atoms with Crippen LogP contribution in [0.15, 0.2) is 36.5 Å². The molecule has 0 radical (unpaired) electrons. The van der Waals surface area contributed by atoms with E-state index in [1.165, 1.54) is 0 Å². The van der Waals surface area contributed by atoms with Gasteiger partial charge < -0.3 is 0 Å². The molecule has 1 aromatic carbocycles. The maximum Gasteiger partial charge on any atom is 0.169 e. The first-order valence-electron chi connectivity index (χ1n) is 5.95. The van der Waals surface area contributed by atoms with Crippen LogP contribution in [0, 0.1) is 5.41 Å². The lowest BCUT2D eigenvalue weighted by Crippen LogP contribution is -2.23. The summed E-state index contributed by atoms with van der Waals surface area (Å²) in [4.78, 5) is 16.8. The third-order valence-electron chi connectivity index (χ3n) is 3.39. The van der Waals surface area contributed by atoms with Gasteiger partial charge in [-0.25, -0.2) is 0 Å². The van der Waals surface area contributed by atoms with E-state index in [9.17, 15) is 4.79 Å². The van der Waals surface area contributed by atoms with Gasteiger partial charge in [0.2, 0.25) is 0 Å². The van der Waals surface area contributed by atoms with Crippen molar-refractivity contribution in [2.45, 2.75) is 27.2 Å². The summed E-state index contributed by atoms with van der Waals surface area (Å²) in [5, 5.41) is 0.946. The summed E-state index contributed by atoms with van der Waals surface area (Å²) >= 11 is 0. The number of carbonyl (C=O) groups is 1. The van der Waals surface area contributed by atoms with Gasteiger partial charge in [0.05, 0.1) is 5.52 Å². The molecule has 17 heavy (non-hydrogen) atoms. The van der Waals surface area contributed by atoms with Gasteiger partial charge in [-0.05, 0) is 18.6 Å². The van der Waals surface area contributed by atoms with Gasteiger partial charge in [-0.3, -0.25) is 9.78 Å². The van der Waals surface area contributed by atoms with Crippen LogP contribution in [0.4, 0.5) is 0 Å². The molecule has 0 aliphatic heterocycles. The van der Waals surface area contributed by atoms with Gasteiger partial charge >= 0.3 is 0 Å². The molecule has 0 amide bonds. The standard InChI is InChI=1S/C15H17NO/c1-4-15(2,3)14(17)12-7-5-9-13-11(12)8-6-10-16-13/h5-10H,4H2,1-3H3. The smallest absolute Gasteiger partial charge is 0.169 e. The number of carbonyl (C=O) groups excluding carboxylic acids is 1. The zero-order valence-electron chi connectivity index (χ0n) is 10.5. The fourth-order valence-corrected chi connectivity index (χ4v) is 1.83. The lowest BCUT2D eigenvalue weighted by molar-refractivity contribution is 0.0835. The number of fused-ring (bicyclic) bond motifs is 1. The minimum atomic E-state index is -0.315. The molecule has 0 N–H and O–H groups in total. The van der Waals surface area contributed by atoms with Gasteiger partial charge in [-0.1, -0.05) is 39.0 Å². The Morgan fingerprint density at radius 2 is 2.00 bits per heavy atom. The number of Topliss-reactive ketones (excluding diaryl/α,β-unsaturated/α-hetero) is 1. The Morgan fingerprint density at radius 1 is 1.24 bits per heavy atom. The third-order valence-corrected chi connectivity index (χ3v) is 3.39. The second kappa shape index (κ2) is 4.28. The highest BCUT2D eigenvalue weighted by Crippen LogP contribution is 2.28. The monoisotopic (exact) mass is 227 g/mol. The maximum atomic E-state index is 12.5. The first-order chi connectivity index (χ1) is 8.06. The summed E-state index contributed by atoms with van der Waals surface area (Å²) in [5.41, 5.74) is 1.34. The molecule has 0 saturated carbocycles. The second-order valence-electron chi connectivity index (χ2n) is 4.94. The van der Waals surface area contributed by atoms with Crippen molar-refractivity contribution < 1.29 is 4.79 Å². The lowest BCUT2D eigenvalue weighted by atomic mass is 9.81. The number of benzene rings is 1. The molecular weight excluding hydrogens is 210 g/mol. The third kappa shape index (κ3) is 2.07. The number of aromatic nitrogens is 1. The fraction of sp³-hybridized carbons (Fsp3) is 0.333. The zero-order chi connectivity index (χ0) is 12.5. The number of hydrogen-bond acceptors (Lipinski definition) is 2. The Kier molecular flexibility index (Phi) is 2.97. The molecule has 2 aromatic rings. The van der Waals surface area contributed by atoms with E-state index < -0.39 is 0 Å². The van der Waals surface area contributed by atoms with Gasteiger partial charge in [0.1, 0.15) is 0 Å². The largest absolute Gasteiger partial charge is 0.294 e. The topological polar surface area (TPSA) is 30.0 Å². The van der Waals surface area contributed by atoms with Crippen molar-refractivity contribution in [2.24, 2.45) is 5.41 Å². The number of hydrogen-bond donors (Lipinski definition) is 0. The number of rotatable bonds is 3. The lowest BCUT2D eigenvalue weighted by Gasteiger charge is -2.21. The van der Waals surface area contributed by atoms with Gasteiger partial charge in [-0.15, -0.1) is 0 Å². The predicted octanol–water partition coefficient (Wildman–Crippen LogP) is 3.85. The number of pyridine rings is 1. The summed E-state index contributed by atoms with van der Waals surface area (Å²) in [7, 11) is 0. The molecule has 2 nitrogen and oxygen atoms in total. The van der Waals surface area contributed by atoms with Gasteiger partial charge in [0, 0.05) is 22.6 Å². The highest BCUT2D eigenvalue weighted by molar-refractivity contribution is 6.09. The predicted molar refractivity (Wildman–Crippen MR) is 70.1 cm³/mol. The Balaban J connectivity index is 2.60. The average molecular weight is 227 g/mol. The van der Waals surface area contributed by atoms with Crippen LogP contribution in [0.1, 0.15) is 37.6 Å². The van der Waals surface area contributed by atoms with Gasteiger partial charge in [0.25, 0.3) is 0 Å². The number of ketones is 1. The van der Waals surface area contributed by atoms with Crippen molar-refractivity contribution in [1.29, 1.82) is 0 Å². The van der Waals surface area contributed by atoms with E-state index in [1.807, 2.05) is 51.1 Å². The Hall–Kier alpha value is -1.70. The summed E-state index contributed by atoms with van der Waals surface area (Å²) < 4.78 is 0. The van der Waals surface area contributed by atoms with E-state index in [0.29, 0.717) is 0 Å². The summed E-state index contributed by atoms with van der Waals surface area (Å²) in [6.07, 6.45) is 2.59. The van der Waals surface area contributed by atoms with Crippen LogP contribution in [0.3, 0.4) is 0 Å². The van der Waals surface area contributed by atoms with E-state index in [0.717, 1.165) is 22.9 Å².